The number of carbonyl (C=O) groups excluding carboxylic acids is 2. The summed E-state index contributed by atoms with van der Waals surface area (Å²) in [6.45, 7) is -0.326. The number of nitrogens with two attached hydrogens (primary N) is 1. The van der Waals surface area contributed by atoms with Gasteiger partial charge in [0.05, 0.1) is 5.56 Å². The number of hydrogen-bond acceptors (Lipinski definition) is 6. The van der Waals surface area contributed by atoms with Crippen molar-refractivity contribution in [2.24, 2.45) is 5.73 Å². The summed E-state index contributed by atoms with van der Waals surface area (Å²) in [6, 6.07) is 2.79. The lowest BCUT2D eigenvalue weighted by molar-refractivity contribution is -0.148. The Morgan fingerprint density at radius 2 is 2.00 bits per heavy atom. The Morgan fingerprint density at radius 1 is 1.38 bits per heavy atom. The molecule has 0 aliphatic heterocycles. The van der Waals surface area contributed by atoms with Gasteiger partial charge in [0.15, 0.2) is 6.61 Å². The van der Waals surface area contributed by atoms with E-state index in [-0.39, 0.29) is 11.3 Å². The van der Waals surface area contributed by atoms with Crippen molar-refractivity contribution in [2.75, 3.05) is 6.61 Å². The van der Waals surface area contributed by atoms with Crippen LogP contribution >= 0.6 is 0 Å². The minimum absolute atomic E-state index is 0.0624. The van der Waals surface area contributed by atoms with Crippen LogP contribution in [0.1, 0.15) is 12.5 Å². The van der Waals surface area contributed by atoms with Gasteiger partial charge in [-0.2, -0.15) is 18.4 Å². The molecule has 24 heavy (non-hydrogen) atoms. The Morgan fingerprint density at radius 3 is 2.50 bits per heavy atom. The van der Waals surface area contributed by atoms with Crippen molar-refractivity contribution >= 4 is 11.8 Å². The zero-order chi connectivity index (χ0) is 18.5. The molecule has 0 saturated carbocycles. The second-order valence-electron chi connectivity index (χ2n) is 4.64. The van der Waals surface area contributed by atoms with E-state index >= 15 is 0 Å². The molecule has 128 valence electrons. The van der Waals surface area contributed by atoms with Crippen molar-refractivity contribution in [3.8, 4) is 6.07 Å². The Bertz CT molecular complexity index is 784. The number of allylic oxidation sites excluding steroid dienone is 1. The van der Waals surface area contributed by atoms with E-state index in [1.807, 2.05) is 0 Å². The molecular weight excluding hydrogens is 331 g/mol. The quantitative estimate of drug-likeness (QED) is 0.479. The van der Waals surface area contributed by atoms with Gasteiger partial charge in [0.25, 0.3) is 5.56 Å². The zero-order valence-electron chi connectivity index (χ0n) is 12.4. The number of carbonyl (C=O) groups is 2. The molecule has 1 heterocycles. The number of pyridine rings is 1. The lowest BCUT2D eigenvalue weighted by Crippen LogP contribution is -2.27. The predicted octanol–water partition coefficient (Wildman–Crippen LogP) is 0.736. The number of Topliss-reactive ketones (excluding diaryl/α,β-unsaturated/α-hetero) is 1. The third kappa shape index (κ3) is 4.98. The summed E-state index contributed by atoms with van der Waals surface area (Å²) in [5.74, 6) is -1.97. The highest BCUT2D eigenvalue weighted by molar-refractivity contribution is 6.01. The number of halogens is 3. The molecule has 0 radical (unpaired) electrons. The second kappa shape index (κ2) is 7.45. The van der Waals surface area contributed by atoms with Crippen molar-refractivity contribution in [3.05, 3.63) is 45.5 Å². The highest BCUT2D eigenvalue weighted by Crippen LogP contribution is 2.27. The van der Waals surface area contributed by atoms with E-state index in [0.29, 0.717) is 22.9 Å². The average molecular weight is 343 g/mol. The van der Waals surface area contributed by atoms with Crippen molar-refractivity contribution in [1.82, 2.24) is 4.57 Å². The van der Waals surface area contributed by atoms with Gasteiger partial charge in [-0.1, -0.05) is 0 Å². The van der Waals surface area contributed by atoms with E-state index in [1.165, 1.54) is 6.92 Å². The van der Waals surface area contributed by atoms with E-state index in [0.717, 1.165) is 0 Å². The van der Waals surface area contributed by atoms with Crippen LogP contribution in [0.5, 0.6) is 0 Å². The van der Waals surface area contributed by atoms with Crippen molar-refractivity contribution < 1.29 is 27.5 Å². The van der Waals surface area contributed by atoms with Gasteiger partial charge < -0.3 is 15.0 Å². The van der Waals surface area contributed by atoms with Crippen LogP contribution in [0.2, 0.25) is 0 Å². The topological polar surface area (TPSA) is 115 Å². The lowest BCUT2D eigenvalue weighted by atomic mass is 10.1. The molecule has 7 nitrogen and oxygen atoms in total. The van der Waals surface area contributed by atoms with Gasteiger partial charge in [-0.05, 0) is 13.0 Å². The van der Waals surface area contributed by atoms with Crippen LogP contribution in [-0.4, -0.2) is 22.9 Å². The smallest absolute Gasteiger partial charge is 0.417 e. The molecule has 2 N–H and O–H groups in total. The standard InChI is InChI=1S/C14H12F3N3O4/c1-8(19)10(4-18)11(21)7-24-13(23)6-20-5-9(14(15,16)17)2-3-12(20)22/h2-3,5H,6-7,19H2,1H3/b10-8-. The summed E-state index contributed by atoms with van der Waals surface area (Å²) < 4.78 is 42.8. The van der Waals surface area contributed by atoms with Gasteiger partial charge in [0, 0.05) is 18.0 Å². The van der Waals surface area contributed by atoms with Gasteiger partial charge in [0.2, 0.25) is 5.78 Å². The van der Waals surface area contributed by atoms with Gasteiger partial charge in [-0.25, -0.2) is 0 Å². The van der Waals surface area contributed by atoms with Crippen molar-refractivity contribution in [3.63, 3.8) is 0 Å². The maximum absolute atomic E-state index is 12.6. The van der Waals surface area contributed by atoms with E-state index in [9.17, 15) is 27.6 Å². The number of rotatable bonds is 5. The first kappa shape index (κ1) is 19.0. The van der Waals surface area contributed by atoms with Crippen LogP contribution in [0.25, 0.3) is 0 Å². The normalized spacial score (nSPS) is 12.1. The fourth-order valence-corrected chi connectivity index (χ4v) is 1.60. The molecule has 0 fully saturated rings. The minimum atomic E-state index is -4.68. The van der Waals surface area contributed by atoms with Crippen LogP contribution in [-0.2, 0) is 27.0 Å². The molecule has 0 amide bonds. The molecule has 0 saturated heterocycles. The number of nitriles is 1. The molecule has 0 aliphatic carbocycles. The number of hydrogen-bond donors (Lipinski definition) is 1. The molecule has 10 heteroatoms. The van der Waals surface area contributed by atoms with Gasteiger partial charge in [0.1, 0.15) is 18.2 Å². The van der Waals surface area contributed by atoms with Crippen molar-refractivity contribution in [1.29, 1.82) is 5.26 Å². The summed E-state index contributed by atoms with van der Waals surface area (Å²) >= 11 is 0. The second-order valence-corrected chi connectivity index (χ2v) is 4.64. The van der Waals surface area contributed by atoms with Crippen LogP contribution in [0.4, 0.5) is 13.2 Å². The monoisotopic (exact) mass is 343 g/mol. The Kier molecular flexibility index (Phi) is 5.89. The summed E-state index contributed by atoms with van der Waals surface area (Å²) in [5.41, 5.74) is 2.89. The number of nitrogens with zero attached hydrogens (tertiary/aromatic N) is 2. The molecule has 0 spiro atoms. The summed E-state index contributed by atoms with van der Waals surface area (Å²) in [5, 5.41) is 8.71. The SMILES string of the molecule is C/C(N)=C(\C#N)C(=O)COC(=O)Cn1cc(C(F)(F)F)ccc1=O. The largest absolute Gasteiger partial charge is 0.456 e. The molecule has 0 unspecified atom stereocenters. The third-order valence-electron chi connectivity index (χ3n) is 2.76. The predicted molar refractivity (Wildman–Crippen MR) is 74.2 cm³/mol. The van der Waals surface area contributed by atoms with E-state index in [4.69, 9.17) is 11.0 Å². The molecule has 1 rings (SSSR count). The number of aromatic nitrogens is 1. The van der Waals surface area contributed by atoms with Crippen LogP contribution < -0.4 is 11.3 Å². The van der Waals surface area contributed by atoms with Crippen molar-refractivity contribution in [2.45, 2.75) is 19.6 Å². The highest BCUT2D eigenvalue weighted by atomic mass is 19.4. The Balaban J connectivity index is 2.80. The first-order chi connectivity index (χ1) is 11.1. The number of ketones is 1. The Hall–Kier alpha value is -3.09. The Labute approximate surface area is 133 Å². The fraction of sp³-hybridized carbons (Fsp3) is 0.286. The van der Waals surface area contributed by atoms with E-state index < -0.39 is 42.2 Å². The minimum Gasteiger partial charge on any atom is -0.456 e. The molecule has 0 atom stereocenters. The van der Waals surface area contributed by atoms with Crippen LogP contribution in [0, 0.1) is 11.3 Å². The van der Waals surface area contributed by atoms with Gasteiger partial charge >= 0.3 is 12.1 Å². The molecular formula is C14H12F3N3O4. The van der Waals surface area contributed by atoms with E-state index in [1.54, 1.807) is 6.07 Å². The molecule has 1 aromatic rings. The lowest BCUT2D eigenvalue weighted by Gasteiger charge is -2.10. The fourth-order valence-electron chi connectivity index (χ4n) is 1.60. The van der Waals surface area contributed by atoms with Gasteiger partial charge in [-0.3, -0.25) is 14.4 Å². The summed E-state index contributed by atoms with van der Waals surface area (Å²) in [4.78, 5) is 34.6. The summed E-state index contributed by atoms with van der Waals surface area (Å²) in [6.07, 6.45) is -4.21. The van der Waals surface area contributed by atoms with Crippen LogP contribution in [0.15, 0.2) is 34.4 Å². The third-order valence-corrected chi connectivity index (χ3v) is 2.76. The molecule has 0 aliphatic rings. The van der Waals surface area contributed by atoms with Gasteiger partial charge in [-0.15, -0.1) is 0 Å². The number of esters is 1. The zero-order valence-corrected chi connectivity index (χ0v) is 12.4. The summed E-state index contributed by atoms with van der Waals surface area (Å²) in [7, 11) is 0. The number of ether oxygens (including phenoxy) is 1. The number of alkyl halides is 3. The maximum atomic E-state index is 12.6. The first-order valence-corrected chi connectivity index (χ1v) is 6.39. The average Bonchev–Trinajstić information content (AvgIpc) is 2.46. The molecule has 0 aromatic carbocycles. The van der Waals surface area contributed by atoms with E-state index in [2.05, 4.69) is 4.74 Å². The molecule has 1 aromatic heterocycles. The first-order valence-electron chi connectivity index (χ1n) is 6.39. The van der Waals surface area contributed by atoms with Crippen LogP contribution in [0.3, 0.4) is 0 Å². The maximum Gasteiger partial charge on any atom is 0.417 e. The highest BCUT2D eigenvalue weighted by Gasteiger charge is 2.31. The molecule has 0 bridgehead atoms.